The minimum absolute atomic E-state index is 0.0203. The average Bonchev–Trinajstić information content (AvgIpc) is 2.85. The lowest BCUT2D eigenvalue weighted by atomic mass is 10.0. The zero-order valence-electron chi connectivity index (χ0n) is 12.4. The summed E-state index contributed by atoms with van der Waals surface area (Å²) in [5, 5.41) is 1.57. The van der Waals surface area contributed by atoms with Crippen LogP contribution in [0, 0.1) is 0 Å². The lowest BCUT2D eigenvalue weighted by Gasteiger charge is -2.17. The number of ether oxygens (including phenoxy) is 1. The van der Waals surface area contributed by atoms with Gasteiger partial charge in [-0.1, -0.05) is 42.5 Å². The Morgan fingerprint density at radius 1 is 1.20 bits per heavy atom. The molecule has 3 N–H and O–H groups in total. The first kappa shape index (κ1) is 11.9. The third kappa shape index (κ3) is 3.00. The van der Waals surface area contributed by atoms with E-state index in [1.54, 1.807) is 5.31 Å². The minimum Gasteiger partial charge on any atom is -0.489 e. The molecule has 2 aromatic rings. The van der Waals surface area contributed by atoms with Crippen LogP contribution in [0.2, 0.25) is 1.41 Å². The lowest BCUT2D eigenvalue weighted by molar-refractivity contribution is 0.305. The number of benzene rings is 2. The summed E-state index contributed by atoms with van der Waals surface area (Å²) in [6.07, 6.45) is 0.864. The van der Waals surface area contributed by atoms with Gasteiger partial charge in [-0.15, -0.1) is 0 Å². The van der Waals surface area contributed by atoms with Crippen molar-refractivity contribution >= 4 is 0 Å². The van der Waals surface area contributed by atoms with Crippen molar-refractivity contribution in [3.63, 3.8) is 0 Å². The van der Waals surface area contributed by atoms with Gasteiger partial charge in [0.1, 0.15) is 13.8 Å². The van der Waals surface area contributed by atoms with Gasteiger partial charge in [0.05, 0.1) is 0 Å². The summed E-state index contributed by atoms with van der Waals surface area (Å²) in [7, 11) is 0. The summed E-state index contributed by atoms with van der Waals surface area (Å²) >= 11 is 0. The molecule has 0 radical (unpaired) electrons. The normalized spacial score (nSPS) is 23.6. The van der Waals surface area contributed by atoms with Crippen LogP contribution in [0.5, 0.6) is 5.75 Å². The Balaban J connectivity index is 1.71. The van der Waals surface area contributed by atoms with Crippen LogP contribution in [0.1, 0.15) is 23.6 Å². The van der Waals surface area contributed by atoms with E-state index in [4.69, 9.17) is 11.9 Å². The van der Waals surface area contributed by atoms with Gasteiger partial charge < -0.3 is 15.8 Å². The van der Waals surface area contributed by atoms with E-state index in [0.717, 1.165) is 29.8 Å². The summed E-state index contributed by atoms with van der Waals surface area (Å²) in [5.74, 6) is 0.823. The van der Waals surface area contributed by atoms with E-state index in [9.17, 15) is 0 Å². The summed E-state index contributed by atoms with van der Waals surface area (Å²) < 4.78 is 13.8. The highest BCUT2D eigenvalue weighted by molar-refractivity contribution is 5.32. The van der Waals surface area contributed by atoms with E-state index in [2.05, 4.69) is 0 Å². The zero-order valence-corrected chi connectivity index (χ0v) is 11.4. The van der Waals surface area contributed by atoms with Gasteiger partial charge in [0.15, 0.2) is 0 Å². The molecule has 0 bridgehead atoms. The maximum atomic E-state index is 7.98. The Labute approximate surface area is 121 Å². The quantitative estimate of drug-likeness (QED) is 0.897. The van der Waals surface area contributed by atoms with Crippen LogP contribution in [-0.2, 0) is 6.61 Å². The van der Waals surface area contributed by atoms with Crippen molar-refractivity contribution < 1.29 is 6.15 Å². The molecule has 0 spiro atoms. The maximum absolute atomic E-state index is 7.98. The Morgan fingerprint density at radius 3 is 2.80 bits per heavy atom. The van der Waals surface area contributed by atoms with Gasteiger partial charge in [0.25, 0.3) is 0 Å². The fourth-order valence-corrected chi connectivity index (χ4v) is 2.54. The van der Waals surface area contributed by atoms with Gasteiger partial charge in [0, 0.05) is 12.1 Å². The molecule has 0 aliphatic carbocycles. The highest BCUT2D eigenvalue weighted by Gasteiger charge is 2.24. The van der Waals surface area contributed by atoms with Crippen molar-refractivity contribution in [1.29, 1.82) is 0 Å². The topological polar surface area (TPSA) is 47.3 Å². The highest BCUT2D eigenvalue weighted by Crippen LogP contribution is 2.25. The second-order valence-corrected chi connectivity index (χ2v) is 5.15. The largest absolute Gasteiger partial charge is 0.489 e. The molecule has 1 heterocycles. The maximum Gasteiger partial charge on any atom is 0.123 e. The molecule has 2 aromatic carbocycles. The summed E-state index contributed by atoms with van der Waals surface area (Å²) in [5.41, 5.74) is 8.31. The van der Waals surface area contributed by atoms with Crippen LogP contribution in [0.15, 0.2) is 54.6 Å². The van der Waals surface area contributed by atoms with Crippen molar-refractivity contribution in [3.8, 4) is 5.75 Å². The highest BCUT2D eigenvalue weighted by atomic mass is 16.5. The summed E-state index contributed by atoms with van der Waals surface area (Å²) in [4.78, 5) is 0. The van der Waals surface area contributed by atoms with E-state index in [0.29, 0.717) is 6.61 Å². The van der Waals surface area contributed by atoms with E-state index in [1.807, 2.05) is 54.6 Å². The third-order valence-corrected chi connectivity index (χ3v) is 3.64. The molecule has 1 saturated heterocycles. The molecule has 0 aromatic heterocycles. The summed E-state index contributed by atoms with van der Waals surface area (Å²) in [6, 6.07) is 18.0. The zero-order chi connectivity index (χ0) is 14.7. The van der Waals surface area contributed by atoms with Crippen molar-refractivity contribution in [2.45, 2.75) is 25.1 Å². The molecule has 20 heavy (non-hydrogen) atoms. The van der Waals surface area contributed by atoms with Crippen LogP contribution >= 0.6 is 0 Å². The number of hydrogen-bond acceptors (Lipinski definition) is 3. The van der Waals surface area contributed by atoms with E-state index in [1.165, 1.54) is 0 Å². The van der Waals surface area contributed by atoms with Crippen molar-refractivity contribution in [2.24, 2.45) is 5.73 Å². The van der Waals surface area contributed by atoms with Crippen molar-refractivity contribution in [2.75, 3.05) is 6.54 Å². The molecule has 1 fully saturated rings. The lowest BCUT2D eigenvalue weighted by Crippen LogP contribution is -2.28. The SMILES string of the molecule is [2H]N1CCC(N)[C@H]1c1cccc(OCc2ccccc2)c1. The smallest absolute Gasteiger partial charge is 0.123 e. The second kappa shape index (κ2) is 6.07. The molecule has 3 nitrogen and oxygen atoms in total. The van der Waals surface area contributed by atoms with Crippen molar-refractivity contribution in [3.05, 3.63) is 65.7 Å². The predicted octanol–water partition coefficient (Wildman–Crippen LogP) is 2.63. The van der Waals surface area contributed by atoms with Gasteiger partial charge >= 0.3 is 0 Å². The van der Waals surface area contributed by atoms with Crippen LogP contribution in [0.4, 0.5) is 0 Å². The van der Waals surface area contributed by atoms with Crippen LogP contribution < -0.4 is 15.8 Å². The Bertz CT molecular complexity index is 580. The van der Waals surface area contributed by atoms with Gasteiger partial charge in [-0.25, -0.2) is 0 Å². The monoisotopic (exact) mass is 269 g/mol. The first-order chi connectivity index (χ1) is 10.2. The van der Waals surface area contributed by atoms with Crippen molar-refractivity contribution in [1.82, 2.24) is 5.31 Å². The molecule has 1 unspecified atom stereocenters. The van der Waals surface area contributed by atoms with Crippen LogP contribution in [-0.4, -0.2) is 12.6 Å². The molecule has 0 saturated carbocycles. The molecule has 3 rings (SSSR count). The number of hydrogen-bond donors (Lipinski definition) is 2. The van der Waals surface area contributed by atoms with Gasteiger partial charge in [-0.2, -0.15) is 0 Å². The number of rotatable bonds is 4. The average molecular weight is 269 g/mol. The molecule has 2 atom stereocenters. The molecule has 104 valence electrons. The van der Waals surface area contributed by atoms with E-state index >= 15 is 0 Å². The van der Waals surface area contributed by atoms with Crippen LogP contribution in [0.25, 0.3) is 0 Å². The van der Waals surface area contributed by atoms with E-state index in [-0.39, 0.29) is 12.1 Å². The van der Waals surface area contributed by atoms with E-state index < -0.39 is 0 Å². The number of nitrogens with one attached hydrogen (secondary N) is 1. The first-order valence-corrected chi connectivity index (χ1v) is 7.02. The predicted molar refractivity (Wildman–Crippen MR) is 80.6 cm³/mol. The summed E-state index contributed by atoms with van der Waals surface area (Å²) in [6.45, 7) is 1.27. The minimum atomic E-state index is -0.0368. The molecule has 0 amide bonds. The standard InChI is InChI=1S/C17H20N2O/c18-16-9-10-19-17(16)14-7-4-8-15(11-14)20-12-13-5-2-1-3-6-13/h1-8,11,16-17,19H,9-10,12,18H2/t16?,17-/m1/s1/i/hD. The molecule has 3 heteroatoms. The van der Waals surface area contributed by atoms with Crippen LogP contribution in [0.3, 0.4) is 0 Å². The number of nitrogens with two attached hydrogens (primary N) is 1. The fraction of sp³-hybridized carbons (Fsp3) is 0.294. The first-order valence-electron chi connectivity index (χ1n) is 7.46. The Morgan fingerprint density at radius 2 is 2.05 bits per heavy atom. The molecule has 1 aliphatic rings. The molecular formula is C17H20N2O. The Hall–Kier alpha value is -1.84. The molecule has 1 aliphatic heterocycles. The second-order valence-electron chi connectivity index (χ2n) is 5.15. The van der Waals surface area contributed by atoms with Gasteiger partial charge in [-0.3, -0.25) is 0 Å². The Kier molecular flexibility index (Phi) is 3.63. The molecular weight excluding hydrogens is 248 g/mol. The third-order valence-electron chi connectivity index (χ3n) is 3.64. The fourth-order valence-electron chi connectivity index (χ4n) is 2.54. The van der Waals surface area contributed by atoms with Gasteiger partial charge in [0.2, 0.25) is 0 Å². The van der Waals surface area contributed by atoms with Gasteiger partial charge in [-0.05, 0) is 36.2 Å².